The predicted octanol–water partition coefficient (Wildman–Crippen LogP) is 5.15. The molecule has 4 rings (SSSR count). The Kier molecular flexibility index (Phi) is 3.51. The minimum absolute atomic E-state index is 0.452. The summed E-state index contributed by atoms with van der Waals surface area (Å²) in [5.74, 6) is 4.59. The highest BCUT2D eigenvalue weighted by Crippen LogP contribution is 2.63. The Hall–Kier alpha value is -0.590. The first kappa shape index (κ1) is 14.0. The summed E-state index contributed by atoms with van der Waals surface area (Å²) in [4.78, 5) is 12.3. The zero-order valence-electron chi connectivity index (χ0n) is 13.4. The molecular formula is C20H30O. The lowest BCUT2D eigenvalue weighted by atomic mass is 9.50. The fraction of sp³-hybridized carbons (Fsp3) is 0.850. The molecule has 6 atom stereocenters. The van der Waals surface area contributed by atoms with Crippen LogP contribution in [0.2, 0.25) is 0 Å². The Labute approximate surface area is 129 Å². The summed E-state index contributed by atoms with van der Waals surface area (Å²) in [6.45, 7) is 4.04. The van der Waals surface area contributed by atoms with Crippen LogP contribution in [-0.2, 0) is 4.79 Å². The highest BCUT2D eigenvalue weighted by Gasteiger charge is 2.55. The smallest absolute Gasteiger partial charge is 0.136 e. The van der Waals surface area contributed by atoms with Gasteiger partial charge in [0.2, 0.25) is 0 Å². The van der Waals surface area contributed by atoms with Gasteiger partial charge >= 0.3 is 0 Å². The normalized spacial score (nSPS) is 49.1. The van der Waals surface area contributed by atoms with E-state index < -0.39 is 0 Å². The van der Waals surface area contributed by atoms with Crippen molar-refractivity contribution in [3.05, 3.63) is 12.7 Å². The quantitative estimate of drug-likeness (QED) is 0.641. The molecule has 4 aliphatic carbocycles. The molecule has 0 aromatic heterocycles. The maximum atomic E-state index is 12.3. The molecule has 4 fully saturated rings. The molecule has 0 spiro atoms. The molecule has 2 unspecified atom stereocenters. The Morgan fingerprint density at radius 1 is 1.00 bits per heavy atom. The number of rotatable bonds is 2. The molecule has 0 radical (unpaired) electrons. The van der Waals surface area contributed by atoms with Crippen LogP contribution in [0.15, 0.2) is 12.7 Å². The van der Waals surface area contributed by atoms with Crippen molar-refractivity contribution in [3.8, 4) is 0 Å². The van der Waals surface area contributed by atoms with Gasteiger partial charge in [0, 0.05) is 12.3 Å². The molecule has 0 N–H and O–H groups in total. The topological polar surface area (TPSA) is 17.1 Å². The van der Waals surface area contributed by atoms with Gasteiger partial charge < -0.3 is 0 Å². The zero-order valence-corrected chi connectivity index (χ0v) is 13.4. The van der Waals surface area contributed by atoms with Crippen LogP contribution in [0.1, 0.15) is 70.6 Å². The van der Waals surface area contributed by atoms with Gasteiger partial charge in [0.05, 0.1) is 0 Å². The zero-order chi connectivity index (χ0) is 14.4. The average Bonchev–Trinajstić information content (AvgIpc) is 2.91. The molecule has 4 saturated carbocycles. The fourth-order valence-electron chi connectivity index (χ4n) is 7.10. The summed E-state index contributed by atoms with van der Waals surface area (Å²) in [7, 11) is 0. The van der Waals surface area contributed by atoms with Gasteiger partial charge in [0.15, 0.2) is 0 Å². The van der Waals surface area contributed by atoms with Crippen molar-refractivity contribution < 1.29 is 4.79 Å². The molecule has 0 aromatic carbocycles. The molecule has 0 bridgehead atoms. The monoisotopic (exact) mass is 286 g/mol. The van der Waals surface area contributed by atoms with E-state index >= 15 is 0 Å². The van der Waals surface area contributed by atoms with E-state index in [1.807, 2.05) is 0 Å². The Morgan fingerprint density at radius 2 is 1.90 bits per heavy atom. The van der Waals surface area contributed by atoms with Crippen LogP contribution in [0.3, 0.4) is 0 Å². The lowest BCUT2D eigenvalue weighted by molar-refractivity contribution is -0.134. The van der Waals surface area contributed by atoms with Gasteiger partial charge in [-0.25, -0.2) is 0 Å². The minimum Gasteiger partial charge on any atom is -0.299 e. The van der Waals surface area contributed by atoms with Crippen LogP contribution in [-0.4, -0.2) is 5.78 Å². The van der Waals surface area contributed by atoms with Gasteiger partial charge in [-0.3, -0.25) is 4.79 Å². The molecule has 0 heterocycles. The van der Waals surface area contributed by atoms with E-state index in [1.165, 1.54) is 64.2 Å². The van der Waals surface area contributed by atoms with Crippen LogP contribution in [0.25, 0.3) is 0 Å². The van der Waals surface area contributed by atoms with Crippen molar-refractivity contribution >= 4 is 5.78 Å². The number of allylic oxidation sites excluding steroid dienone is 1. The summed E-state index contributed by atoms with van der Waals surface area (Å²) in [5, 5.41) is 0. The third-order valence-electron chi connectivity index (χ3n) is 7.82. The third-order valence-corrected chi connectivity index (χ3v) is 7.82. The highest BCUT2D eigenvalue weighted by atomic mass is 16.1. The van der Waals surface area contributed by atoms with Gasteiger partial charge in [-0.15, -0.1) is 6.58 Å². The van der Waals surface area contributed by atoms with Crippen LogP contribution in [0.5, 0.6) is 0 Å². The summed E-state index contributed by atoms with van der Waals surface area (Å²) >= 11 is 0. The second kappa shape index (κ2) is 5.25. The van der Waals surface area contributed by atoms with E-state index in [1.54, 1.807) is 0 Å². The Balaban J connectivity index is 1.59. The Bertz CT molecular complexity index is 439. The van der Waals surface area contributed by atoms with Gasteiger partial charge in [-0.1, -0.05) is 12.5 Å². The molecular weight excluding hydrogens is 256 g/mol. The average molecular weight is 286 g/mol. The van der Waals surface area contributed by atoms with Crippen LogP contribution in [0.4, 0.5) is 0 Å². The molecule has 0 saturated heterocycles. The standard InChI is InChI=1S/C20H30O/c1-2-11-20-12-4-6-18(20)16-8-9-17-14(15(16)10-13-20)5-3-7-19(17)21/h2,14-18H,1,3-13H2/t14-,15-,16-,17?,18+,20?/m1/s1. The highest BCUT2D eigenvalue weighted by molar-refractivity contribution is 5.82. The van der Waals surface area contributed by atoms with Gasteiger partial charge in [0.25, 0.3) is 0 Å². The van der Waals surface area contributed by atoms with E-state index in [-0.39, 0.29) is 0 Å². The summed E-state index contributed by atoms with van der Waals surface area (Å²) in [5.41, 5.74) is 0.606. The number of hydrogen-bond acceptors (Lipinski definition) is 1. The van der Waals surface area contributed by atoms with Crippen molar-refractivity contribution in [2.45, 2.75) is 70.6 Å². The predicted molar refractivity (Wildman–Crippen MR) is 85.9 cm³/mol. The number of carbonyl (C=O) groups is 1. The van der Waals surface area contributed by atoms with Gasteiger partial charge in [-0.2, -0.15) is 0 Å². The maximum absolute atomic E-state index is 12.3. The van der Waals surface area contributed by atoms with Crippen LogP contribution < -0.4 is 0 Å². The molecule has 0 amide bonds. The van der Waals surface area contributed by atoms with Crippen LogP contribution >= 0.6 is 0 Å². The molecule has 1 heteroatoms. The lowest BCUT2D eigenvalue weighted by Crippen LogP contribution is -2.49. The van der Waals surface area contributed by atoms with E-state index in [2.05, 4.69) is 12.7 Å². The van der Waals surface area contributed by atoms with Crippen molar-refractivity contribution in [1.29, 1.82) is 0 Å². The minimum atomic E-state index is 0.452. The molecule has 4 aliphatic rings. The largest absolute Gasteiger partial charge is 0.299 e. The molecule has 0 aliphatic heterocycles. The second-order valence-electron chi connectivity index (χ2n) is 8.43. The number of fused-ring (bicyclic) bond motifs is 5. The SMILES string of the molecule is C=CCC12CCC[C@H]1[C@@H]1CCC3C(=O)CCC[C@@H]3[C@H]1CC2. The lowest BCUT2D eigenvalue weighted by Gasteiger charge is -2.55. The maximum Gasteiger partial charge on any atom is 0.136 e. The van der Waals surface area contributed by atoms with E-state index in [9.17, 15) is 4.79 Å². The van der Waals surface area contributed by atoms with Crippen molar-refractivity contribution in [1.82, 2.24) is 0 Å². The number of carbonyl (C=O) groups excluding carboxylic acids is 1. The molecule has 1 nitrogen and oxygen atoms in total. The fourth-order valence-corrected chi connectivity index (χ4v) is 7.10. The molecule has 21 heavy (non-hydrogen) atoms. The number of hydrogen-bond donors (Lipinski definition) is 0. The van der Waals surface area contributed by atoms with Crippen molar-refractivity contribution in [3.63, 3.8) is 0 Å². The second-order valence-corrected chi connectivity index (χ2v) is 8.43. The molecule has 116 valence electrons. The summed E-state index contributed by atoms with van der Waals surface area (Å²) in [6.07, 6.45) is 16.6. The third kappa shape index (κ3) is 2.06. The first-order valence-corrected chi connectivity index (χ1v) is 9.39. The Morgan fingerprint density at radius 3 is 2.76 bits per heavy atom. The van der Waals surface area contributed by atoms with Gasteiger partial charge in [-0.05, 0) is 86.9 Å². The van der Waals surface area contributed by atoms with Gasteiger partial charge in [0.1, 0.15) is 5.78 Å². The summed E-state index contributed by atoms with van der Waals surface area (Å²) in [6, 6.07) is 0. The first-order valence-electron chi connectivity index (χ1n) is 9.39. The van der Waals surface area contributed by atoms with Crippen molar-refractivity contribution in [2.75, 3.05) is 0 Å². The van der Waals surface area contributed by atoms with E-state index in [4.69, 9.17) is 0 Å². The first-order chi connectivity index (χ1) is 10.2. The molecule has 0 aromatic rings. The summed E-state index contributed by atoms with van der Waals surface area (Å²) < 4.78 is 0. The van der Waals surface area contributed by atoms with E-state index in [0.29, 0.717) is 17.1 Å². The van der Waals surface area contributed by atoms with Crippen LogP contribution in [0, 0.1) is 35.0 Å². The number of Topliss-reactive ketones (excluding diaryl/α,β-unsaturated/α-hetero) is 1. The van der Waals surface area contributed by atoms with E-state index in [0.717, 1.165) is 30.1 Å². The van der Waals surface area contributed by atoms with Crippen molar-refractivity contribution in [2.24, 2.45) is 35.0 Å². The number of ketones is 1.